The van der Waals surface area contributed by atoms with Crippen LogP contribution in [-0.4, -0.2) is 0 Å². The fraction of sp³-hybridized carbons (Fsp3) is 1.00. The molecule has 0 saturated heterocycles. The molecule has 5 rings (SSSR count). The summed E-state index contributed by atoms with van der Waals surface area (Å²) < 4.78 is 0. The fourth-order valence-corrected chi connectivity index (χ4v) is 7.43. The van der Waals surface area contributed by atoms with Gasteiger partial charge in [-0.1, -0.05) is 102 Å². The van der Waals surface area contributed by atoms with Gasteiger partial charge in [0.05, 0.1) is 0 Å². The van der Waals surface area contributed by atoms with Crippen LogP contribution in [0.2, 0.25) is 0 Å². The van der Waals surface area contributed by atoms with Crippen molar-refractivity contribution < 1.29 is 1.43 Å². The molecule has 0 heterocycles. The molecule has 0 heteroatoms. The van der Waals surface area contributed by atoms with E-state index >= 15 is 0 Å². The maximum atomic E-state index is 2.46. The van der Waals surface area contributed by atoms with E-state index < -0.39 is 0 Å². The summed E-state index contributed by atoms with van der Waals surface area (Å²) in [5.41, 5.74) is 1.92. The summed E-state index contributed by atoms with van der Waals surface area (Å²) in [7, 11) is 0. The monoisotopic (exact) mass is 420 g/mol. The smallest absolute Gasteiger partial charge is 0 e. The number of fused-ring (bicyclic) bond motifs is 2. The van der Waals surface area contributed by atoms with Gasteiger partial charge in [-0.15, -0.1) is 0 Å². The molecule has 0 aromatic heterocycles. The zero-order chi connectivity index (χ0) is 22.9. The Morgan fingerprint density at radius 1 is 0.667 bits per heavy atom. The van der Waals surface area contributed by atoms with E-state index in [4.69, 9.17) is 0 Å². The van der Waals surface area contributed by atoms with Gasteiger partial charge in [0.25, 0.3) is 0 Å². The Morgan fingerprint density at radius 3 is 1.67 bits per heavy atom. The van der Waals surface area contributed by atoms with Crippen molar-refractivity contribution in [2.45, 2.75) is 134 Å². The van der Waals surface area contributed by atoms with Gasteiger partial charge in [0.2, 0.25) is 0 Å². The first-order chi connectivity index (χ1) is 13.7. The van der Waals surface area contributed by atoms with Gasteiger partial charge < -0.3 is 0 Å². The minimum atomic E-state index is 0. The Hall–Kier alpha value is 0. The zero-order valence-corrected chi connectivity index (χ0v) is 22.9. The molecule has 7 atom stereocenters. The number of rotatable bonds is 0. The van der Waals surface area contributed by atoms with E-state index in [9.17, 15) is 0 Å². The minimum Gasteiger partial charge on any atom is -0.0625 e. The Labute approximate surface area is 193 Å². The van der Waals surface area contributed by atoms with Gasteiger partial charge in [0.1, 0.15) is 0 Å². The van der Waals surface area contributed by atoms with Gasteiger partial charge in [-0.3, -0.25) is 0 Å². The molecule has 0 aliphatic heterocycles. The van der Waals surface area contributed by atoms with Crippen LogP contribution in [0, 0.1) is 57.7 Å². The van der Waals surface area contributed by atoms with Crippen molar-refractivity contribution in [2.24, 2.45) is 57.7 Å². The first-order valence-corrected chi connectivity index (χ1v) is 13.7. The minimum absolute atomic E-state index is 0. The lowest BCUT2D eigenvalue weighted by Gasteiger charge is -2.59. The zero-order valence-electron chi connectivity index (χ0n) is 22.9. The van der Waals surface area contributed by atoms with Crippen molar-refractivity contribution in [1.29, 1.82) is 0 Å². The quantitative estimate of drug-likeness (QED) is 0.365. The maximum Gasteiger partial charge on any atom is 0 e. The third kappa shape index (κ3) is 6.07. The topological polar surface area (TPSA) is 0 Å². The van der Waals surface area contributed by atoms with Crippen LogP contribution < -0.4 is 0 Å². The van der Waals surface area contributed by atoms with E-state index in [1.807, 2.05) is 0 Å². The van der Waals surface area contributed by atoms with Gasteiger partial charge in [-0.2, -0.15) is 0 Å². The van der Waals surface area contributed by atoms with Crippen molar-refractivity contribution in [3.05, 3.63) is 0 Å². The summed E-state index contributed by atoms with van der Waals surface area (Å²) in [4.78, 5) is 0. The van der Waals surface area contributed by atoms with E-state index in [1.54, 1.807) is 0 Å². The Bertz CT molecular complexity index is 503. The molecular formula is C30H60. The van der Waals surface area contributed by atoms with Crippen molar-refractivity contribution in [2.75, 3.05) is 0 Å². The van der Waals surface area contributed by atoms with Crippen molar-refractivity contribution in [3.63, 3.8) is 0 Å². The van der Waals surface area contributed by atoms with E-state index in [0.29, 0.717) is 16.2 Å². The highest BCUT2D eigenvalue weighted by Gasteiger charge is 2.52. The predicted octanol–water partition coefficient (Wildman–Crippen LogP) is 10.3. The SMILES string of the molecule is CC1CCC(C)C(C)(C)C1.CC1CCC2CC1C2(C)C.CC1CCCC(C)(C)C1C.[HH]. The number of hydrogen-bond donors (Lipinski definition) is 0. The first kappa shape index (κ1) is 26.3. The molecule has 30 heavy (non-hydrogen) atoms. The fourth-order valence-electron chi connectivity index (χ4n) is 7.43. The highest BCUT2D eigenvalue weighted by Crippen LogP contribution is 2.61. The molecule has 5 aliphatic carbocycles. The largest absolute Gasteiger partial charge is 0.0625 e. The summed E-state index contributed by atoms with van der Waals surface area (Å²) >= 11 is 0. The molecule has 0 radical (unpaired) electrons. The normalized spacial score (nSPS) is 43.1. The lowest BCUT2D eigenvalue weighted by atomic mass is 9.46. The standard InChI is InChI=1S/C10H18.2C10H20.H2/c1-7-4-5-8-6-9(7)10(8,2)3;1-8-5-6-9(2)10(3,4)7-8;1-8-6-5-7-10(3,4)9(8)2;/h7-9H,4-6H2,1-3H3;2*8-9H,5-7H2,1-4H3;1H. The third-order valence-electron chi connectivity index (χ3n) is 11.1. The molecule has 0 nitrogen and oxygen atoms in total. The molecule has 5 fully saturated rings. The van der Waals surface area contributed by atoms with Crippen molar-refractivity contribution >= 4 is 0 Å². The van der Waals surface area contributed by atoms with Gasteiger partial charge in [-0.25, -0.2) is 0 Å². The third-order valence-corrected chi connectivity index (χ3v) is 11.1. The van der Waals surface area contributed by atoms with Gasteiger partial charge in [0.15, 0.2) is 0 Å². The summed E-state index contributed by atoms with van der Waals surface area (Å²) in [6.07, 6.45) is 13.2. The van der Waals surface area contributed by atoms with Crippen LogP contribution in [0.3, 0.4) is 0 Å². The molecule has 7 unspecified atom stereocenters. The highest BCUT2D eigenvalue weighted by molar-refractivity contribution is 5.02. The van der Waals surface area contributed by atoms with Crippen molar-refractivity contribution in [3.8, 4) is 0 Å². The van der Waals surface area contributed by atoms with E-state index in [-0.39, 0.29) is 1.43 Å². The molecule has 5 saturated carbocycles. The lowest BCUT2D eigenvalue weighted by molar-refractivity contribution is -0.0988. The van der Waals surface area contributed by atoms with Crippen LogP contribution in [0.15, 0.2) is 0 Å². The second-order valence-corrected chi connectivity index (χ2v) is 14.3. The molecule has 0 aromatic rings. The molecule has 0 aromatic carbocycles. The van der Waals surface area contributed by atoms with Crippen molar-refractivity contribution in [1.82, 2.24) is 0 Å². The molecule has 180 valence electrons. The Kier molecular flexibility index (Phi) is 8.64. The van der Waals surface area contributed by atoms with Gasteiger partial charge in [0, 0.05) is 1.43 Å². The maximum absolute atomic E-state index is 2.46. The van der Waals surface area contributed by atoms with Crippen LogP contribution in [0.1, 0.15) is 135 Å². The van der Waals surface area contributed by atoms with Crippen LogP contribution >= 0.6 is 0 Å². The van der Waals surface area contributed by atoms with Crippen LogP contribution in [-0.2, 0) is 0 Å². The summed E-state index contributed by atoms with van der Waals surface area (Å²) in [6.45, 7) is 26.6. The molecule has 5 aliphatic rings. The summed E-state index contributed by atoms with van der Waals surface area (Å²) in [6, 6.07) is 0. The molecular weight excluding hydrogens is 360 g/mol. The summed E-state index contributed by atoms with van der Waals surface area (Å²) in [5.74, 6) is 6.92. The number of hydrogen-bond acceptors (Lipinski definition) is 0. The van der Waals surface area contributed by atoms with Crippen LogP contribution in [0.4, 0.5) is 0 Å². The molecule has 0 N–H and O–H groups in total. The van der Waals surface area contributed by atoms with Gasteiger partial charge >= 0.3 is 0 Å². The van der Waals surface area contributed by atoms with E-state index in [0.717, 1.165) is 41.4 Å². The van der Waals surface area contributed by atoms with Gasteiger partial charge in [-0.05, 0) is 89.8 Å². The first-order valence-electron chi connectivity index (χ1n) is 13.7. The lowest BCUT2D eigenvalue weighted by Crippen LogP contribution is -2.51. The highest BCUT2D eigenvalue weighted by atomic mass is 14.6. The molecule has 0 spiro atoms. The second-order valence-electron chi connectivity index (χ2n) is 14.3. The van der Waals surface area contributed by atoms with Crippen LogP contribution in [0.25, 0.3) is 0 Å². The van der Waals surface area contributed by atoms with Crippen LogP contribution in [0.5, 0.6) is 0 Å². The average Bonchev–Trinajstić information content (AvgIpc) is 2.63. The van der Waals surface area contributed by atoms with E-state index in [2.05, 4.69) is 76.2 Å². The summed E-state index contributed by atoms with van der Waals surface area (Å²) in [5, 5.41) is 0. The average molecular weight is 421 g/mol. The Balaban J connectivity index is 0.000000229. The predicted molar refractivity (Wildman–Crippen MR) is 138 cm³/mol. The van der Waals surface area contributed by atoms with E-state index in [1.165, 1.54) is 57.8 Å². The molecule has 0 amide bonds. The second kappa shape index (κ2) is 9.87. The Morgan fingerprint density at radius 2 is 1.30 bits per heavy atom. The molecule has 2 bridgehead atoms.